The van der Waals surface area contributed by atoms with E-state index in [1.807, 2.05) is 24.3 Å². The Morgan fingerprint density at radius 3 is 1.63 bits per heavy atom. The molecule has 0 spiro atoms. The summed E-state index contributed by atoms with van der Waals surface area (Å²) in [5.41, 5.74) is 18.0. The van der Waals surface area contributed by atoms with Gasteiger partial charge in [0.1, 0.15) is 11.5 Å². The number of para-hydroxylation sites is 4. The number of aromatic nitrogens is 3. The molecule has 0 saturated heterocycles. The van der Waals surface area contributed by atoms with Crippen LogP contribution in [-0.4, -0.2) is 20.4 Å². The molecule has 12 aromatic rings. The average Bonchev–Trinajstić information content (AvgIpc) is 3.98. The Morgan fingerprint density at radius 2 is 1.03 bits per heavy atom. The molecule has 14 rings (SSSR count). The van der Waals surface area contributed by atoms with Gasteiger partial charge in [-0.15, -0.1) is 0 Å². The quantitative estimate of drug-likeness (QED) is 0.167. The Balaban J connectivity index is 1.15. The summed E-state index contributed by atoms with van der Waals surface area (Å²) in [7, 11) is 0. The van der Waals surface area contributed by atoms with E-state index in [2.05, 4.69) is 198 Å². The second-order valence-electron chi connectivity index (χ2n) is 18.8. The van der Waals surface area contributed by atoms with E-state index in [9.17, 15) is 5.26 Å². The minimum Gasteiger partial charge on any atom is -0.458 e. The maximum absolute atomic E-state index is 9.69. The zero-order chi connectivity index (χ0) is 43.3. The Kier molecular flexibility index (Phi) is 7.20. The third kappa shape index (κ3) is 4.98. The minimum atomic E-state index is -0.106. The summed E-state index contributed by atoms with van der Waals surface area (Å²) in [6, 6.07) is 68.6. The molecule has 5 heterocycles. The number of hydrogen-bond acceptors (Lipinski definition) is 2. The van der Waals surface area contributed by atoms with Crippen molar-refractivity contribution in [2.45, 2.75) is 26.2 Å². The van der Waals surface area contributed by atoms with E-state index in [0.717, 1.165) is 50.7 Å². The lowest BCUT2D eigenvalue weighted by atomic mass is 9.34. The van der Waals surface area contributed by atoms with Gasteiger partial charge in [0.15, 0.2) is 0 Å². The molecule has 0 saturated carbocycles. The van der Waals surface area contributed by atoms with Gasteiger partial charge in [-0.2, -0.15) is 5.26 Å². The number of hydrogen-bond donors (Lipinski definition) is 0. The number of fused-ring (bicyclic) bond motifs is 13. The van der Waals surface area contributed by atoms with E-state index in [-0.39, 0.29) is 12.1 Å². The van der Waals surface area contributed by atoms with Crippen molar-refractivity contribution in [2.75, 3.05) is 0 Å². The van der Waals surface area contributed by atoms with Crippen molar-refractivity contribution in [1.29, 1.82) is 5.26 Å². The fourth-order valence-corrected chi connectivity index (χ4v) is 11.3. The van der Waals surface area contributed by atoms with Crippen molar-refractivity contribution < 1.29 is 4.74 Å². The minimum absolute atomic E-state index is 0.0650. The first-order valence-corrected chi connectivity index (χ1v) is 22.4. The van der Waals surface area contributed by atoms with Crippen LogP contribution in [0.5, 0.6) is 11.5 Å². The molecule has 0 unspecified atom stereocenters. The topological polar surface area (TPSA) is 47.8 Å². The molecule has 65 heavy (non-hydrogen) atoms. The first-order chi connectivity index (χ1) is 31.8. The van der Waals surface area contributed by atoms with Crippen LogP contribution in [0.4, 0.5) is 0 Å². The summed E-state index contributed by atoms with van der Waals surface area (Å²) in [5.74, 6) is 1.74. The van der Waals surface area contributed by atoms with Gasteiger partial charge >= 0.3 is 0 Å². The van der Waals surface area contributed by atoms with Crippen LogP contribution in [0.1, 0.15) is 31.9 Å². The maximum atomic E-state index is 9.69. The molecule has 6 heteroatoms. The summed E-state index contributed by atoms with van der Waals surface area (Å²) >= 11 is 0. The largest absolute Gasteiger partial charge is 0.458 e. The third-order valence-electron chi connectivity index (χ3n) is 14.3. The molecule has 0 N–H and O–H groups in total. The molecule has 2 aliphatic rings. The Morgan fingerprint density at radius 1 is 0.462 bits per heavy atom. The first kappa shape index (κ1) is 36.2. The highest BCUT2D eigenvalue weighted by Gasteiger charge is 2.42. The van der Waals surface area contributed by atoms with E-state index in [1.54, 1.807) is 0 Å². The lowest BCUT2D eigenvalue weighted by molar-refractivity contribution is 0.486. The summed E-state index contributed by atoms with van der Waals surface area (Å²) in [6.07, 6.45) is 0. The van der Waals surface area contributed by atoms with Crippen LogP contribution < -0.4 is 21.1 Å². The lowest BCUT2D eigenvalue weighted by Crippen LogP contribution is -2.58. The highest BCUT2D eigenvalue weighted by atomic mass is 16.5. The predicted octanol–water partition coefficient (Wildman–Crippen LogP) is 12.7. The second kappa shape index (κ2) is 12.9. The van der Waals surface area contributed by atoms with Gasteiger partial charge in [-0.25, -0.2) is 0 Å². The summed E-state index contributed by atoms with van der Waals surface area (Å²) in [5, 5.41) is 17.0. The molecule has 0 fully saturated rings. The van der Waals surface area contributed by atoms with Crippen LogP contribution in [0.15, 0.2) is 182 Å². The monoisotopic (exact) mass is 830 g/mol. The zero-order valence-corrected chi connectivity index (χ0v) is 36.1. The molecule has 2 aliphatic heterocycles. The molecular formula is C59H39BN4O. The fourth-order valence-electron chi connectivity index (χ4n) is 11.3. The van der Waals surface area contributed by atoms with Gasteiger partial charge in [0.25, 0.3) is 6.71 Å². The van der Waals surface area contributed by atoms with Crippen molar-refractivity contribution in [1.82, 2.24) is 13.7 Å². The van der Waals surface area contributed by atoms with Crippen molar-refractivity contribution in [3.8, 4) is 45.8 Å². The van der Waals surface area contributed by atoms with E-state index in [1.165, 1.54) is 76.4 Å². The van der Waals surface area contributed by atoms with Crippen molar-refractivity contribution in [3.05, 3.63) is 193 Å². The Bertz CT molecular complexity index is 3990. The highest BCUT2D eigenvalue weighted by Crippen LogP contribution is 2.43. The molecule has 0 aliphatic carbocycles. The van der Waals surface area contributed by atoms with Gasteiger partial charge < -0.3 is 18.4 Å². The summed E-state index contributed by atoms with van der Waals surface area (Å²) in [4.78, 5) is 0. The molecule has 3 aromatic heterocycles. The summed E-state index contributed by atoms with van der Waals surface area (Å²) < 4.78 is 14.5. The van der Waals surface area contributed by atoms with Crippen molar-refractivity contribution >= 4 is 88.5 Å². The summed E-state index contributed by atoms with van der Waals surface area (Å²) in [6.45, 7) is 6.76. The van der Waals surface area contributed by atoms with E-state index >= 15 is 0 Å². The lowest BCUT2D eigenvalue weighted by Gasteiger charge is -2.35. The normalized spacial score (nSPS) is 12.9. The number of benzene rings is 9. The maximum Gasteiger partial charge on any atom is 0.256 e. The van der Waals surface area contributed by atoms with Gasteiger partial charge in [-0.05, 0) is 123 Å². The molecule has 9 aromatic carbocycles. The highest BCUT2D eigenvalue weighted by molar-refractivity contribution is 6.99. The smallest absolute Gasteiger partial charge is 0.256 e. The van der Waals surface area contributed by atoms with Gasteiger partial charge in [0.2, 0.25) is 0 Å². The van der Waals surface area contributed by atoms with E-state index in [4.69, 9.17) is 4.74 Å². The molecule has 304 valence electrons. The van der Waals surface area contributed by atoms with Crippen molar-refractivity contribution in [3.63, 3.8) is 0 Å². The van der Waals surface area contributed by atoms with Crippen LogP contribution in [0, 0.1) is 11.3 Å². The number of nitrogens with zero attached hydrogens (tertiary/aromatic N) is 4. The van der Waals surface area contributed by atoms with E-state index < -0.39 is 0 Å². The third-order valence-corrected chi connectivity index (χ3v) is 14.3. The first-order valence-electron chi connectivity index (χ1n) is 22.4. The average molecular weight is 831 g/mol. The molecule has 5 nitrogen and oxygen atoms in total. The number of rotatable bonds is 3. The number of nitriles is 1. The van der Waals surface area contributed by atoms with Crippen LogP contribution in [-0.2, 0) is 5.41 Å². The molecule has 0 amide bonds. The van der Waals surface area contributed by atoms with Gasteiger partial charge in [0.05, 0.1) is 39.2 Å². The molecule has 0 bridgehead atoms. The zero-order valence-electron chi connectivity index (χ0n) is 36.1. The van der Waals surface area contributed by atoms with Crippen LogP contribution in [0.2, 0.25) is 0 Å². The Labute approximate surface area is 375 Å². The predicted molar refractivity (Wildman–Crippen MR) is 269 cm³/mol. The SMILES string of the molecule is CC(C)(C)c1ccc2c(c1)B1c3c(cc(-c4ccc(C#N)cc4)cc3-n3c4ccc(-n5c6ccccc6c6ccccc65)cc4c4cc(-n5c6ccccc6c6ccccc65)cc1c43)O2. The second-order valence-corrected chi connectivity index (χ2v) is 18.8. The van der Waals surface area contributed by atoms with Crippen molar-refractivity contribution in [2.24, 2.45) is 0 Å². The molecular weight excluding hydrogens is 791 g/mol. The van der Waals surface area contributed by atoms with Crippen LogP contribution >= 0.6 is 0 Å². The van der Waals surface area contributed by atoms with Crippen LogP contribution in [0.25, 0.3) is 93.6 Å². The van der Waals surface area contributed by atoms with Gasteiger partial charge in [-0.3, -0.25) is 0 Å². The molecule has 0 radical (unpaired) electrons. The number of ether oxygens (including phenoxy) is 1. The van der Waals surface area contributed by atoms with Crippen LogP contribution in [0.3, 0.4) is 0 Å². The molecule has 0 atom stereocenters. The standard InChI is InChI=1S/C59H39BN4O/c1-59(2,3)38-24-27-55-47(30-38)60-48-33-40(63-51-18-10-6-14-43(51)44-15-7-11-19-52(44)63)32-46-45-31-39(62-49-16-8-4-12-41(49)42-13-5-9-17-50(42)62)25-26-53(45)64(58(46)48)54-28-37(29-56(65-55)57(54)60)36-22-20-35(34-61)21-23-36/h4-33H,1-3H3. The fraction of sp³-hybridized carbons (Fsp3) is 0.0678. The Hall–Kier alpha value is -8.27. The van der Waals surface area contributed by atoms with Gasteiger partial charge in [-0.1, -0.05) is 118 Å². The van der Waals surface area contributed by atoms with Gasteiger partial charge in [0, 0.05) is 54.9 Å². The van der Waals surface area contributed by atoms with E-state index in [0.29, 0.717) is 5.56 Å².